The van der Waals surface area contributed by atoms with Gasteiger partial charge in [0.15, 0.2) is 0 Å². The summed E-state index contributed by atoms with van der Waals surface area (Å²) >= 11 is 0. The number of aromatic nitrogens is 2. The SMILES string of the molecule is CCN(/C=C\c1cc(F)ccc1S(=O)(=O)Nc1ccc2c(nc3n2CCC3)c1C(=O)O)CC. The first kappa shape index (κ1) is 22.8. The molecule has 1 aliphatic heterocycles. The van der Waals surface area contributed by atoms with Gasteiger partial charge in [-0.25, -0.2) is 22.6 Å². The number of benzene rings is 2. The number of hydrogen-bond donors (Lipinski definition) is 2. The van der Waals surface area contributed by atoms with Crippen LogP contribution in [0.3, 0.4) is 0 Å². The Kier molecular flexibility index (Phi) is 6.11. The molecule has 0 atom stereocenters. The normalized spacial score (nSPS) is 13.5. The maximum Gasteiger partial charge on any atom is 0.340 e. The summed E-state index contributed by atoms with van der Waals surface area (Å²) in [6.45, 7) is 6.06. The van der Waals surface area contributed by atoms with E-state index in [2.05, 4.69) is 9.71 Å². The molecular formula is C23H25FN4O4S. The molecule has 0 bridgehead atoms. The lowest BCUT2D eigenvalue weighted by atomic mass is 10.1. The Morgan fingerprint density at radius 3 is 2.73 bits per heavy atom. The third kappa shape index (κ3) is 4.30. The van der Waals surface area contributed by atoms with Gasteiger partial charge in [-0.1, -0.05) is 0 Å². The van der Waals surface area contributed by atoms with Crippen molar-refractivity contribution in [3.8, 4) is 0 Å². The minimum Gasteiger partial charge on any atom is -0.478 e. The van der Waals surface area contributed by atoms with E-state index in [0.717, 1.165) is 37.3 Å². The van der Waals surface area contributed by atoms with Crippen molar-refractivity contribution < 1.29 is 22.7 Å². The molecule has 10 heteroatoms. The third-order valence-electron chi connectivity index (χ3n) is 5.78. The molecule has 33 heavy (non-hydrogen) atoms. The largest absolute Gasteiger partial charge is 0.478 e. The molecule has 0 saturated heterocycles. The number of sulfonamides is 1. The molecule has 3 aromatic rings. The van der Waals surface area contributed by atoms with Crippen LogP contribution in [0, 0.1) is 5.82 Å². The van der Waals surface area contributed by atoms with Crippen molar-refractivity contribution in [1.29, 1.82) is 0 Å². The first-order valence-electron chi connectivity index (χ1n) is 10.7. The number of carboxylic acids is 1. The Labute approximate surface area is 191 Å². The molecule has 2 N–H and O–H groups in total. The highest BCUT2D eigenvalue weighted by atomic mass is 32.2. The van der Waals surface area contributed by atoms with Crippen molar-refractivity contribution in [1.82, 2.24) is 14.5 Å². The second-order valence-electron chi connectivity index (χ2n) is 7.77. The summed E-state index contributed by atoms with van der Waals surface area (Å²) in [5, 5.41) is 9.86. The van der Waals surface area contributed by atoms with Gasteiger partial charge in [-0.3, -0.25) is 4.72 Å². The number of aromatic carboxylic acids is 1. The fourth-order valence-corrected chi connectivity index (χ4v) is 5.34. The van der Waals surface area contributed by atoms with E-state index in [1.165, 1.54) is 18.2 Å². The van der Waals surface area contributed by atoms with Gasteiger partial charge in [-0.2, -0.15) is 0 Å². The Hall–Kier alpha value is -3.40. The molecule has 0 saturated carbocycles. The third-order valence-corrected chi connectivity index (χ3v) is 7.22. The molecule has 0 aliphatic carbocycles. The van der Waals surface area contributed by atoms with E-state index in [9.17, 15) is 22.7 Å². The molecule has 2 aromatic carbocycles. The smallest absolute Gasteiger partial charge is 0.340 e. The predicted molar refractivity (Wildman–Crippen MR) is 124 cm³/mol. The topological polar surface area (TPSA) is 105 Å². The summed E-state index contributed by atoms with van der Waals surface area (Å²) in [6.07, 6.45) is 4.91. The number of nitrogens with one attached hydrogen (secondary N) is 1. The Balaban J connectivity index is 1.77. The van der Waals surface area contributed by atoms with Gasteiger partial charge in [-0.15, -0.1) is 0 Å². The minimum absolute atomic E-state index is 0.0882. The fourth-order valence-electron chi connectivity index (χ4n) is 4.09. The predicted octanol–water partition coefficient (Wildman–Crippen LogP) is 3.93. The lowest BCUT2D eigenvalue weighted by Gasteiger charge is -2.16. The zero-order chi connectivity index (χ0) is 23.8. The summed E-state index contributed by atoms with van der Waals surface area (Å²) in [5.74, 6) is -1.07. The number of carbonyl (C=O) groups is 1. The van der Waals surface area contributed by atoms with Gasteiger partial charge in [0.1, 0.15) is 22.7 Å². The van der Waals surface area contributed by atoms with E-state index in [-0.39, 0.29) is 27.2 Å². The summed E-state index contributed by atoms with van der Waals surface area (Å²) in [4.78, 5) is 18.3. The number of hydrogen-bond acceptors (Lipinski definition) is 5. The maximum atomic E-state index is 13.9. The number of anilines is 1. The average molecular weight is 473 g/mol. The van der Waals surface area contributed by atoms with Gasteiger partial charge >= 0.3 is 5.97 Å². The van der Waals surface area contributed by atoms with Crippen LogP contribution in [-0.2, 0) is 23.0 Å². The van der Waals surface area contributed by atoms with E-state index >= 15 is 0 Å². The van der Waals surface area contributed by atoms with Crippen molar-refractivity contribution in [2.24, 2.45) is 0 Å². The maximum absolute atomic E-state index is 13.9. The highest BCUT2D eigenvalue weighted by Crippen LogP contribution is 2.31. The first-order valence-corrected chi connectivity index (χ1v) is 12.2. The molecule has 174 valence electrons. The first-order chi connectivity index (χ1) is 15.7. The van der Waals surface area contributed by atoms with Crippen LogP contribution in [-0.4, -0.2) is 47.0 Å². The number of nitrogens with zero attached hydrogens (tertiary/aromatic N) is 3. The van der Waals surface area contributed by atoms with Crippen LogP contribution in [0.15, 0.2) is 41.4 Å². The number of aryl methyl sites for hydroxylation is 2. The van der Waals surface area contributed by atoms with E-state index in [4.69, 9.17) is 0 Å². The highest BCUT2D eigenvalue weighted by Gasteiger charge is 2.26. The summed E-state index contributed by atoms with van der Waals surface area (Å²) in [5.41, 5.74) is 0.772. The van der Waals surface area contributed by atoms with Crippen molar-refractivity contribution in [3.63, 3.8) is 0 Å². The second-order valence-corrected chi connectivity index (χ2v) is 9.42. The monoisotopic (exact) mass is 472 g/mol. The number of rotatable bonds is 8. The van der Waals surface area contributed by atoms with Gasteiger partial charge in [0.05, 0.1) is 16.1 Å². The summed E-state index contributed by atoms with van der Waals surface area (Å²) < 4.78 is 44.8. The summed E-state index contributed by atoms with van der Waals surface area (Å²) in [6, 6.07) is 6.48. The zero-order valence-corrected chi connectivity index (χ0v) is 19.2. The van der Waals surface area contributed by atoms with Gasteiger partial charge in [-0.05, 0) is 68.4 Å². The van der Waals surface area contributed by atoms with Crippen LogP contribution in [0.1, 0.15) is 42.0 Å². The van der Waals surface area contributed by atoms with Crippen molar-refractivity contribution in [2.75, 3.05) is 17.8 Å². The van der Waals surface area contributed by atoms with Crippen LogP contribution < -0.4 is 4.72 Å². The molecule has 0 fully saturated rings. The Morgan fingerprint density at radius 2 is 2.03 bits per heavy atom. The fraction of sp³-hybridized carbons (Fsp3) is 0.304. The van der Waals surface area contributed by atoms with Crippen LogP contribution in [0.4, 0.5) is 10.1 Å². The van der Waals surface area contributed by atoms with Gasteiger partial charge < -0.3 is 14.6 Å². The average Bonchev–Trinajstić information content (AvgIpc) is 3.35. The van der Waals surface area contributed by atoms with Gasteiger partial charge in [0.25, 0.3) is 10.0 Å². The quantitative estimate of drug-likeness (QED) is 0.515. The lowest BCUT2D eigenvalue weighted by molar-refractivity contribution is 0.0700. The zero-order valence-electron chi connectivity index (χ0n) is 18.4. The van der Waals surface area contributed by atoms with Crippen LogP contribution >= 0.6 is 0 Å². The molecular weight excluding hydrogens is 447 g/mol. The highest BCUT2D eigenvalue weighted by molar-refractivity contribution is 7.92. The van der Waals surface area contributed by atoms with Crippen LogP contribution in [0.2, 0.25) is 0 Å². The molecule has 0 radical (unpaired) electrons. The van der Waals surface area contributed by atoms with Crippen molar-refractivity contribution >= 4 is 38.8 Å². The standard InChI is InChI=1S/C23H25FN4O4S/c1-3-27(4-2)13-11-15-14-16(24)7-10-19(15)33(31,32)26-17-8-9-18-22(21(17)23(29)30)25-20-6-5-12-28(18)20/h7-11,13-14,26H,3-6,12H2,1-2H3,(H,29,30)/b13-11-. The van der Waals surface area contributed by atoms with E-state index in [0.29, 0.717) is 18.6 Å². The molecule has 0 unspecified atom stereocenters. The van der Waals surface area contributed by atoms with Crippen LogP contribution in [0.5, 0.6) is 0 Å². The second kappa shape index (κ2) is 8.86. The molecule has 2 heterocycles. The molecule has 4 rings (SSSR count). The number of fused-ring (bicyclic) bond motifs is 3. The number of halogens is 1. The van der Waals surface area contributed by atoms with E-state index in [1.807, 2.05) is 23.3 Å². The number of carboxylic acid groups (broad SMARTS) is 1. The Morgan fingerprint density at radius 1 is 1.27 bits per heavy atom. The number of imidazole rings is 1. The molecule has 1 aromatic heterocycles. The van der Waals surface area contributed by atoms with E-state index in [1.54, 1.807) is 12.3 Å². The molecule has 0 amide bonds. The lowest BCUT2D eigenvalue weighted by Crippen LogP contribution is -2.18. The van der Waals surface area contributed by atoms with Gasteiger partial charge in [0, 0.05) is 26.1 Å². The summed E-state index contributed by atoms with van der Waals surface area (Å²) in [7, 11) is -4.23. The van der Waals surface area contributed by atoms with Crippen molar-refractivity contribution in [3.05, 3.63) is 59.3 Å². The minimum atomic E-state index is -4.23. The molecule has 8 nitrogen and oxygen atoms in total. The van der Waals surface area contributed by atoms with Gasteiger partial charge in [0.2, 0.25) is 0 Å². The van der Waals surface area contributed by atoms with Crippen molar-refractivity contribution in [2.45, 2.75) is 38.1 Å². The molecule has 1 aliphatic rings. The van der Waals surface area contributed by atoms with E-state index < -0.39 is 21.8 Å². The van der Waals surface area contributed by atoms with Crippen LogP contribution in [0.25, 0.3) is 17.1 Å². The molecule has 0 spiro atoms. The Bertz CT molecular complexity index is 1360.